The first-order chi connectivity index (χ1) is 13.5. The molecule has 28 heavy (non-hydrogen) atoms. The van der Waals surface area contributed by atoms with E-state index in [1.165, 1.54) is 25.0 Å². The quantitative estimate of drug-likeness (QED) is 0.749. The van der Waals surface area contributed by atoms with Gasteiger partial charge in [0.05, 0.1) is 11.0 Å². The predicted octanol–water partition coefficient (Wildman–Crippen LogP) is 3.78. The van der Waals surface area contributed by atoms with Gasteiger partial charge in [0, 0.05) is 31.3 Å². The number of hydrogen-bond acceptors (Lipinski definition) is 3. The number of nitrogens with one attached hydrogen (secondary N) is 1. The zero-order chi connectivity index (χ0) is 19.7. The van der Waals surface area contributed by atoms with Crippen LogP contribution in [0.25, 0.3) is 22.4 Å². The molecule has 1 aliphatic rings. The van der Waals surface area contributed by atoms with Crippen molar-refractivity contribution in [3.05, 3.63) is 53.8 Å². The highest BCUT2D eigenvalue weighted by atomic mass is 19.1. The molecule has 2 heterocycles. The van der Waals surface area contributed by atoms with E-state index < -0.39 is 0 Å². The topological polar surface area (TPSA) is 52.2 Å². The summed E-state index contributed by atoms with van der Waals surface area (Å²) in [6.45, 7) is 2.95. The van der Waals surface area contributed by atoms with Crippen molar-refractivity contribution in [3.63, 3.8) is 0 Å². The molecule has 0 saturated carbocycles. The summed E-state index contributed by atoms with van der Waals surface area (Å²) in [7, 11) is 4.01. The highest BCUT2D eigenvalue weighted by Crippen LogP contribution is 2.23. The summed E-state index contributed by atoms with van der Waals surface area (Å²) >= 11 is 0. The van der Waals surface area contributed by atoms with Crippen LogP contribution in [0.5, 0.6) is 0 Å². The first-order valence-corrected chi connectivity index (χ1v) is 9.69. The number of carbonyl (C=O) groups is 1. The Morgan fingerprint density at radius 1 is 1.29 bits per heavy atom. The van der Waals surface area contributed by atoms with Crippen LogP contribution in [-0.2, 0) is 0 Å². The van der Waals surface area contributed by atoms with E-state index in [9.17, 15) is 9.18 Å². The molecular weight excluding hydrogens is 355 g/mol. The third-order valence-corrected chi connectivity index (χ3v) is 5.45. The van der Waals surface area contributed by atoms with E-state index in [0.717, 1.165) is 36.2 Å². The normalized spacial score (nSPS) is 17.8. The second-order valence-corrected chi connectivity index (χ2v) is 7.78. The minimum atomic E-state index is -0.278. The molecule has 0 radical (unpaired) electrons. The van der Waals surface area contributed by atoms with Crippen LogP contribution in [0.1, 0.15) is 23.2 Å². The maximum atomic E-state index is 13.1. The first kappa shape index (κ1) is 18.6. The number of imidazole rings is 1. The number of aromatic amines is 1. The fraction of sp³-hybridized carbons (Fsp3) is 0.364. The summed E-state index contributed by atoms with van der Waals surface area (Å²) in [6, 6.07) is 11.7. The van der Waals surface area contributed by atoms with Crippen molar-refractivity contribution in [3.8, 4) is 11.4 Å². The van der Waals surface area contributed by atoms with Crippen LogP contribution in [-0.4, -0.2) is 59.4 Å². The van der Waals surface area contributed by atoms with E-state index in [0.29, 0.717) is 17.3 Å². The molecule has 3 aromatic rings. The second-order valence-electron chi connectivity index (χ2n) is 7.78. The standard InChI is InChI=1S/C22H25FN4O/c1-26-11-3-4-15(13-26)14-27(2)22(28)17-7-10-19-20(12-17)25-21(24-19)16-5-8-18(23)9-6-16/h5-10,12,15H,3-4,11,13-14H2,1-2H3,(H,24,25). The van der Waals surface area contributed by atoms with E-state index in [1.807, 2.05) is 30.1 Å². The molecule has 1 atom stereocenters. The minimum absolute atomic E-state index is 0.0214. The van der Waals surface area contributed by atoms with Crippen molar-refractivity contribution >= 4 is 16.9 Å². The Morgan fingerprint density at radius 2 is 2.07 bits per heavy atom. The highest BCUT2D eigenvalue weighted by Gasteiger charge is 2.21. The average Bonchev–Trinajstić information content (AvgIpc) is 3.11. The summed E-state index contributed by atoms with van der Waals surface area (Å²) in [5.41, 5.74) is 3.04. The molecule has 6 heteroatoms. The molecule has 1 saturated heterocycles. The number of aromatic nitrogens is 2. The number of benzene rings is 2. The van der Waals surface area contributed by atoms with Crippen molar-refractivity contribution < 1.29 is 9.18 Å². The maximum Gasteiger partial charge on any atom is 0.253 e. The average molecular weight is 380 g/mol. The van der Waals surface area contributed by atoms with Gasteiger partial charge in [0.25, 0.3) is 5.91 Å². The van der Waals surface area contributed by atoms with E-state index in [4.69, 9.17) is 0 Å². The smallest absolute Gasteiger partial charge is 0.253 e. The second kappa shape index (κ2) is 7.72. The van der Waals surface area contributed by atoms with E-state index in [1.54, 1.807) is 12.1 Å². The maximum absolute atomic E-state index is 13.1. The Bertz CT molecular complexity index is 982. The number of likely N-dealkylation sites (tertiary alicyclic amines) is 1. The Labute approximate surface area is 164 Å². The number of halogens is 1. The fourth-order valence-electron chi connectivity index (χ4n) is 4.00. The first-order valence-electron chi connectivity index (χ1n) is 9.69. The van der Waals surface area contributed by atoms with Gasteiger partial charge in [0.2, 0.25) is 0 Å². The lowest BCUT2D eigenvalue weighted by Gasteiger charge is -2.32. The van der Waals surface area contributed by atoms with Crippen LogP contribution < -0.4 is 0 Å². The van der Waals surface area contributed by atoms with Gasteiger partial charge in [-0.25, -0.2) is 9.37 Å². The van der Waals surface area contributed by atoms with Gasteiger partial charge in [-0.1, -0.05) is 0 Å². The van der Waals surface area contributed by atoms with Gasteiger partial charge >= 0.3 is 0 Å². The van der Waals surface area contributed by atoms with Crippen molar-refractivity contribution in [1.82, 2.24) is 19.8 Å². The summed E-state index contributed by atoms with van der Waals surface area (Å²) in [6.07, 6.45) is 2.36. The van der Waals surface area contributed by atoms with Crippen LogP contribution in [0.3, 0.4) is 0 Å². The van der Waals surface area contributed by atoms with Gasteiger partial charge in [0.15, 0.2) is 0 Å². The monoisotopic (exact) mass is 380 g/mol. The number of rotatable bonds is 4. The molecule has 2 aromatic carbocycles. The summed E-state index contributed by atoms with van der Waals surface area (Å²) in [5, 5.41) is 0. The number of carbonyl (C=O) groups excluding carboxylic acids is 1. The number of nitrogens with zero attached hydrogens (tertiary/aromatic N) is 3. The number of amides is 1. The summed E-state index contributed by atoms with van der Waals surface area (Å²) < 4.78 is 13.1. The van der Waals surface area contributed by atoms with E-state index >= 15 is 0 Å². The van der Waals surface area contributed by atoms with Gasteiger partial charge in [-0.2, -0.15) is 0 Å². The van der Waals surface area contributed by atoms with Gasteiger partial charge in [-0.15, -0.1) is 0 Å². The molecule has 1 aromatic heterocycles. The lowest BCUT2D eigenvalue weighted by Crippen LogP contribution is -2.40. The Hall–Kier alpha value is -2.73. The number of piperidine rings is 1. The van der Waals surface area contributed by atoms with Gasteiger partial charge in [0.1, 0.15) is 11.6 Å². The third kappa shape index (κ3) is 3.92. The Balaban J connectivity index is 1.51. The van der Waals surface area contributed by atoms with Crippen LogP contribution in [0.4, 0.5) is 4.39 Å². The van der Waals surface area contributed by atoms with Gasteiger partial charge in [-0.05, 0) is 74.8 Å². The third-order valence-electron chi connectivity index (χ3n) is 5.45. The largest absolute Gasteiger partial charge is 0.341 e. The molecule has 5 nitrogen and oxygen atoms in total. The van der Waals surface area contributed by atoms with Crippen molar-refractivity contribution in [1.29, 1.82) is 0 Å². The fourth-order valence-corrected chi connectivity index (χ4v) is 4.00. The molecule has 0 aliphatic carbocycles. The van der Waals surface area contributed by atoms with Crippen LogP contribution in [0, 0.1) is 11.7 Å². The van der Waals surface area contributed by atoms with Crippen molar-refractivity contribution in [2.45, 2.75) is 12.8 Å². The Kier molecular flexibility index (Phi) is 5.13. The molecule has 146 valence electrons. The zero-order valence-corrected chi connectivity index (χ0v) is 16.3. The molecule has 1 aliphatic heterocycles. The zero-order valence-electron chi connectivity index (χ0n) is 16.3. The lowest BCUT2D eigenvalue weighted by molar-refractivity contribution is 0.0741. The van der Waals surface area contributed by atoms with Crippen LogP contribution in [0.15, 0.2) is 42.5 Å². The number of fused-ring (bicyclic) bond motifs is 1. The van der Waals surface area contributed by atoms with Crippen molar-refractivity contribution in [2.75, 3.05) is 33.7 Å². The SMILES string of the molecule is CN1CCCC(CN(C)C(=O)c2ccc3nc(-c4ccc(F)cc4)[nH]c3c2)C1. The van der Waals surface area contributed by atoms with E-state index in [2.05, 4.69) is 21.9 Å². The number of H-pyrrole nitrogens is 1. The van der Waals surface area contributed by atoms with Gasteiger partial charge in [-0.3, -0.25) is 4.79 Å². The van der Waals surface area contributed by atoms with E-state index in [-0.39, 0.29) is 11.7 Å². The van der Waals surface area contributed by atoms with Crippen LogP contribution >= 0.6 is 0 Å². The molecule has 4 rings (SSSR count). The van der Waals surface area contributed by atoms with Crippen molar-refractivity contribution in [2.24, 2.45) is 5.92 Å². The lowest BCUT2D eigenvalue weighted by atomic mass is 9.98. The molecule has 1 fully saturated rings. The minimum Gasteiger partial charge on any atom is -0.341 e. The molecule has 0 bridgehead atoms. The molecule has 1 unspecified atom stereocenters. The summed E-state index contributed by atoms with van der Waals surface area (Å²) in [4.78, 5) is 24.8. The molecule has 1 amide bonds. The predicted molar refractivity (Wildman–Crippen MR) is 109 cm³/mol. The molecular formula is C22H25FN4O. The van der Waals surface area contributed by atoms with Crippen LogP contribution in [0.2, 0.25) is 0 Å². The summed E-state index contributed by atoms with van der Waals surface area (Å²) in [5.74, 6) is 0.930. The highest BCUT2D eigenvalue weighted by molar-refractivity contribution is 5.97. The molecule has 1 N–H and O–H groups in total. The number of hydrogen-bond donors (Lipinski definition) is 1. The van der Waals surface area contributed by atoms with Gasteiger partial charge < -0.3 is 14.8 Å². The Morgan fingerprint density at radius 3 is 2.82 bits per heavy atom. The molecule has 0 spiro atoms.